The van der Waals surface area contributed by atoms with E-state index in [-0.39, 0.29) is 18.1 Å². The molecule has 0 N–H and O–H groups in total. The van der Waals surface area contributed by atoms with Crippen LogP contribution in [-0.2, 0) is 17.9 Å². The van der Waals surface area contributed by atoms with E-state index in [4.69, 9.17) is 4.74 Å². The van der Waals surface area contributed by atoms with Crippen molar-refractivity contribution < 1.29 is 9.53 Å². The summed E-state index contributed by atoms with van der Waals surface area (Å²) >= 11 is 1.63. The lowest BCUT2D eigenvalue weighted by Crippen LogP contribution is -2.45. The van der Waals surface area contributed by atoms with E-state index >= 15 is 0 Å². The minimum atomic E-state index is -0.189. The minimum Gasteiger partial charge on any atom is -0.487 e. The number of carbonyl (C=O) groups excluding carboxylic acids is 1. The van der Waals surface area contributed by atoms with Gasteiger partial charge in [0.2, 0.25) is 5.91 Å². The van der Waals surface area contributed by atoms with Gasteiger partial charge in [-0.2, -0.15) is 0 Å². The highest BCUT2D eigenvalue weighted by Gasteiger charge is 2.43. The molecule has 2 bridgehead atoms. The van der Waals surface area contributed by atoms with E-state index in [1.54, 1.807) is 11.3 Å². The van der Waals surface area contributed by atoms with Gasteiger partial charge in [0.05, 0.1) is 24.8 Å². The Morgan fingerprint density at radius 2 is 1.89 bits per heavy atom. The second-order valence-corrected chi connectivity index (χ2v) is 8.20. The van der Waals surface area contributed by atoms with Crippen molar-refractivity contribution in [2.75, 3.05) is 11.4 Å². The number of anilines is 1. The monoisotopic (exact) mass is 391 g/mol. The van der Waals surface area contributed by atoms with Crippen LogP contribution >= 0.6 is 11.3 Å². The number of benzene rings is 2. The van der Waals surface area contributed by atoms with Crippen LogP contribution in [0.3, 0.4) is 0 Å². The van der Waals surface area contributed by atoms with Gasteiger partial charge in [-0.25, -0.2) is 4.98 Å². The summed E-state index contributed by atoms with van der Waals surface area (Å²) < 4.78 is 6.34. The second kappa shape index (κ2) is 7.37. The van der Waals surface area contributed by atoms with Gasteiger partial charge in [-0.15, -0.1) is 11.3 Å². The van der Waals surface area contributed by atoms with Gasteiger partial charge in [-0.3, -0.25) is 9.69 Å². The van der Waals surface area contributed by atoms with Gasteiger partial charge in [0.15, 0.2) is 0 Å². The fourth-order valence-electron chi connectivity index (χ4n) is 4.07. The van der Waals surface area contributed by atoms with E-state index in [0.717, 1.165) is 28.6 Å². The molecule has 2 aromatic carbocycles. The molecule has 142 valence electrons. The fourth-order valence-corrected chi connectivity index (χ4v) is 4.71. The van der Waals surface area contributed by atoms with Crippen molar-refractivity contribution in [3.05, 3.63) is 76.7 Å². The van der Waals surface area contributed by atoms with Gasteiger partial charge in [-0.1, -0.05) is 42.5 Å². The van der Waals surface area contributed by atoms with Crippen LogP contribution in [0.5, 0.6) is 5.75 Å². The largest absolute Gasteiger partial charge is 0.487 e. The summed E-state index contributed by atoms with van der Waals surface area (Å²) in [5.41, 5.74) is 1.95. The standard InChI is InChI=1S/C22H21N3O2S/c26-22-19-12-17(14-24(19)15-21-23-10-11-28-21)27-20-9-5-4-8-18(20)25(22)13-16-6-2-1-3-7-16/h1-11,17,19H,12-15H2/t17-,19-/m0/s1. The highest BCUT2D eigenvalue weighted by molar-refractivity contribution is 7.09. The molecule has 1 amide bonds. The third kappa shape index (κ3) is 3.30. The molecule has 2 atom stereocenters. The number of hydrogen-bond acceptors (Lipinski definition) is 5. The van der Waals surface area contributed by atoms with Gasteiger partial charge in [-0.05, 0) is 17.7 Å². The first kappa shape index (κ1) is 17.4. The molecule has 28 heavy (non-hydrogen) atoms. The number of rotatable bonds is 4. The molecule has 6 heteroatoms. The number of carbonyl (C=O) groups is 1. The normalized spacial score (nSPS) is 21.7. The van der Waals surface area contributed by atoms with E-state index in [2.05, 4.69) is 22.0 Å². The van der Waals surface area contributed by atoms with Crippen molar-refractivity contribution >= 4 is 22.9 Å². The Bertz CT molecular complexity index is 961. The number of fused-ring (bicyclic) bond motifs is 3. The summed E-state index contributed by atoms with van der Waals surface area (Å²) in [4.78, 5) is 22.2. The molecule has 0 saturated carbocycles. The van der Waals surface area contributed by atoms with Crippen molar-refractivity contribution in [1.29, 1.82) is 0 Å². The summed E-state index contributed by atoms with van der Waals surface area (Å²) in [7, 11) is 0. The van der Waals surface area contributed by atoms with Crippen LogP contribution in [0.25, 0.3) is 0 Å². The number of thiazole rings is 1. The Labute approximate surface area is 168 Å². The highest BCUT2D eigenvalue weighted by Crippen LogP contribution is 2.37. The first-order chi connectivity index (χ1) is 13.8. The zero-order chi connectivity index (χ0) is 18.9. The molecule has 1 aromatic heterocycles. The molecule has 3 aromatic rings. The average Bonchev–Trinajstić information content (AvgIpc) is 3.37. The third-order valence-corrected chi connectivity index (χ3v) is 6.14. The molecule has 5 rings (SSSR count). The first-order valence-electron chi connectivity index (χ1n) is 9.51. The summed E-state index contributed by atoms with van der Waals surface area (Å²) in [6.45, 7) is 1.96. The molecular formula is C22H21N3O2S. The van der Waals surface area contributed by atoms with Crippen LogP contribution in [0.1, 0.15) is 17.0 Å². The lowest BCUT2D eigenvalue weighted by atomic mass is 10.1. The summed E-state index contributed by atoms with van der Waals surface area (Å²) in [5, 5.41) is 3.01. The Balaban J connectivity index is 1.50. The summed E-state index contributed by atoms with van der Waals surface area (Å²) in [5.74, 6) is 0.921. The molecule has 0 unspecified atom stereocenters. The highest BCUT2D eigenvalue weighted by atomic mass is 32.1. The fraction of sp³-hybridized carbons (Fsp3) is 0.273. The number of para-hydroxylation sites is 2. The number of nitrogens with zero attached hydrogens (tertiary/aromatic N) is 3. The quantitative estimate of drug-likeness (QED) is 0.680. The zero-order valence-electron chi connectivity index (χ0n) is 15.4. The van der Waals surface area contributed by atoms with Gasteiger partial charge >= 0.3 is 0 Å². The average molecular weight is 391 g/mol. The maximum Gasteiger partial charge on any atom is 0.244 e. The van der Waals surface area contributed by atoms with Gasteiger partial charge in [0, 0.05) is 24.5 Å². The number of likely N-dealkylation sites (tertiary alicyclic amines) is 1. The lowest BCUT2D eigenvalue weighted by molar-refractivity contribution is -0.123. The molecule has 2 aliphatic rings. The summed E-state index contributed by atoms with van der Waals surface area (Å²) in [6.07, 6.45) is 2.55. The molecule has 0 aliphatic carbocycles. The number of ether oxygens (including phenoxy) is 1. The van der Waals surface area contributed by atoms with Gasteiger partial charge in [0.25, 0.3) is 0 Å². The van der Waals surface area contributed by atoms with E-state index in [0.29, 0.717) is 19.5 Å². The Morgan fingerprint density at radius 1 is 1.07 bits per heavy atom. The van der Waals surface area contributed by atoms with E-state index < -0.39 is 0 Å². The Kier molecular flexibility index (Phi) is 4.58. The van der Waals surface area contributed by atoms with E-state index in [9.17, 15) is 4.79 Å². The third-order valence-electron chi connectivity index (χ3n) is 5.37. The van der Waals surface area contributed by atoms with Crippen LogP contribution in [-0.4, -0.2) is 34.5 Å². The topological polar surface area (TPSA) is 45.7 Å². The van der Waals surface area contributed by atoms with E-state index in [1.165, 1.54) is 0 Å². The molecule has 0 radical (unpaired) electrons. The van der Waals surface area contributed by atoms with Crippen LogP contribution in [0.15, 0.2) is 66.2 Å². The lowest BCUT2D eigenvalue weighted by Gasteiger charge is -2.31. The predicted molar refractivity (Wildman–Crippen MR) is 109 cm³/mol. The summed E-state index contributed by atoms with van der Waals surface area (Å²) in [6, 6.07) is 17.8. The number of amides is 1. The molecule has 1 fully saturated rings. The molecule has 0 spiro atoms. The van der Waals surface area contributed by atoms with Crippen LogP contribution < -0.4 is 9.64 Å². The van der Waals surface area contributed by atoms with Crippen molar-refractivity contribution in [1.82, 2.24) is 9.88 Å². The zero-order valence-corrected chi connectivity index (χ0v) is 16.2. The van der Waals surface area contributed by atoms with Crippen LogP contribution in [0.2, 0.25) is 0 Å². The van der Waals surface area contributed by atoms with E-state index in [1.807, 2.05) is 58.9 Å². The van der Waals surface area contributed by atoms with Crippen LogP contribution in [0, 0.1) is 0 Å². The van der Waals surface area contributed by atoms with Crippen molar-refractivity contribution in [2.24, 2.45) is 0 Å². The van der Waals surface area contributed by atoms with Gasteiger partial charge in [0.1, 0.15) is 16.9 Å². The van der Waals surface area contributed by atoms with Crippen LogP contribution in [0.4, 0.5) is 5.69 Å². The Hall–Kier alpha value is -2.70. The Morgan fingerprint density at radius 3 is 2.71 bits per heavy atom. The second-order valence-electron chi connectivity index (χ2n) is 7.22. The minimum absolute atomic E-state index is 0.0222. The van der Waals surface area contributed by atoms with Crippen molar-refractivity contribution in [2.45, 2.75) is 31.7 Å². The smallest absolute Gasteiger partial charge is 0.244 e. The number of hydrogen-bond donors (Lipinski definition) is 0. The van der Waals surface area contributed by atoms with Crippen molar-refractivity contribution in [3.8, 4) is 5.75 Å². The van der Waals surface area contributed by atoms with Crippen molar-refractivity contribution in [3.63, 3.8) is 0 Å². The maximum atomic E-state index is 13.7. The van der Waals surface area contributed by atoms with Gasteiger partial charge < -0.3 is 9.64 Å². The SMILES string of the molecule is O=C1[C@@H]2C[C@@H](CN2Cc2nccs2)Oc2ccccc2N1Cc1ccccc1. The molecular weight excluding hydrogens is 370 g/mol. The molecule has 2 aliphatic heterocycles. The maximum absolute atomic E-state index is 13.7. The molecule has 3 heterocycles. The molecule has 1 saturated heterocycles. The molecule has 5 nitrogen and oxygen atoms in total. The predicted octanol–water partition coefficient (Wildman–Crippen LogP) is 3.71. The first-order valence-corrected chi connectivity index (χ1v) is 10.4. The number of aromatic nitrogens is 1.